The van der Waals surface area contributed by atoms with Crippen LogP contribution in [0.25, 0.3) is 0 Å². The summed E-state index contributed by atoms with van der Waals surface area (Å²) in [5.74, 6) is -1.92. The predicted octanol–water partition coefficient (Wildman–Crippen LogP) is 3.83. The molecule has 2 heterocycles. The summed E-state index contributed by atoms with van der Waals surface area (Å²) in [7, 11) is 0. The first-order chi connectivity index (χ1) is 14.3. The second-order valence-electron chi connectivity index (χ2n) is 6.78. The number of pyridine rings is 1. The molecule has 4 rings (SSSR count). The fourth-order valence-electron chi connectivity index (χ4n) is 3.54. The highest BCUT2D eigenvalue weighted by atomic mass is 35.5. The summed E-state index contributed by atoms with van der Waals surface area (Å²) >= 11 is 12.5. The van der Waals surface area contributed by atoms with Gasteiger partial charge in [-0.15, -0.1) is 0 Å². The van der Waals surface area contributed by atoms with E-state index >= 15 is 0 Å². The minimum absolute atomic E-state index is 0.215. The van der Waals surface area contributed by atoms with Crippen molar-refractivity contribution < 1.29 is 19.7 Å². The molecule has 3 N–H and O–H groups in total. The van der Waals surface area contributed by atoms with E-state index in [0.29, 0.717) is 22.4 Å². The van der Waals surface area contributed by atoms with Gasteiger partial charge in [0.15, 0.2) is 11.4 Å². The summed E-state index contributed by atoms with van der Waals surface area (Å²) in [5.41, 5.74) is 4.28. The molecule has 1 atom stereocenters. The Morgan fingerprint density at radius 3 is 2.57 bits per heavy atom. The number of benzene rings is 2. The Morgan fingerprint density at radius 1 is 1.13 bits per heavy atom. The minimum Gasteiger partial charge on any atom is -0.502 e. The van der Waals surface area contributed by atoms with Gasteiger partial charge in [0.2, 0.25) is 5.43 Å². The van der Waals surface area contributed by atoms with E-state index in [1.165, 1.54) is 6.20 Å². The highest BCUT2D eigenvalue weighted by molar-refractivity contribution is 6.31. The van der Waals surface area contributed by atoms with E-state index in [1.807, 2.05) is 12.1 Å². The van der Waals surface area contributed by atoms with E-state index in [9.17, 15) is 19.8 Å². The lowest BCUT2D eigenvalue weighted by atomic mass is 9.88. The lowest BCUT2D eigenvalue weighted by Gasteiger charge is -2.22. The third-order valence-electron chi connectivity index (χ3n) is 4.96. The number of carbonyl (C=O) groups is 1. The molecular weight excluding hydrogens is 431 g/mol. The van der Waals surface area contributed by atoms with Crippen LogP contribution in [0, 0.1) is 0 Å². The van der Waals surface area contributed by atoms with Gasteiger partial charge in [0, 0.05) is 40.3 Å². The Hall–Kier alpha value is -3.16. The van der Waals surface area contributed by atoms with Crippen molar-refractivity contribution in [2.75, 3.05) is 12.0 Å². The number of halogens is 2. The molecular formula is C21H16Cl2N2O5. The van der Waals surface area contributed by atoms with Gasteiger partial charge in [-0.2, -0.15) is 0 Å². The van der Waals surface area contributed by atoms with Crippen LogP contribution >= 0.6 is 23.2 Å². The van der Waals surface area contributed by atoms with Crippen LogP contribution in [-0.2, 0) is 6.61 Å². The standard InChI is InChI=1S/C21H16Cl2N2O5/c22-12-2-1-11-10-30-18-4-3-13(23)8-15(18)16(14(11)7-12)9-24-25-6-5-17(26)20(27)19(25)21(28)29/h1-8,16,24,27H,9-10H2,(H,28,29). The van der Waals surface area contributed by atoms with Gasteiger partial charge in [0.05, 0.1) is 0 Å². The Balaban J connectivity index is 1.79. The normalized spacial score (nSPS) is 14.8. The van der Waals surface area contributed by atoms with Gasteiger partial charge < -0.3 is 20.4 Å². The smallest absolute Gasteiger partial charge is 0.358 e. The Bertz CT molecular complexity index is 1150. The van der Waals surface area contributed by atoms with E-state index in [1.54, 1.807) is 24.3 Å². The van der Waals surface area contributed by atoms with Gasteiger partial charge in [-0.3, -0.25) is 9.47 Å². The average molecular weight is 447 g/mol. The van der Waals surface area contributed by atoms with Crippen molar-refractivity contribution in [1.29, 1.82) is 0 Å². The van der Waals surface area contributed by atoms with Crippen molar-refractivity contribution in [2.24, 2.45) is 0 Å². The Labute approximate surface area is 181 Å². The second kappa shape index (κ2) is 7.93. The topological polar surface area (TPSA) is 101 Å². The summed E-state index contributed by atoms with van der Waals surface area (Å²) in [4.78, 5) is 23.2. The molecule has 1 unspecified atom stereocenters. The van der Waals surface area contributed by atoms with Crippen LogP contribution < -0.4 is 15.6 Å². The highest BCUT2D eigenvalue weighted by Crippen LogP contribution is 2.39. The number of aromatic hydroxyl groups is 1. The predicted molar refractivity (Wildman–Crippen MR) is 113 cm³/mol. The summed E-state index contributed by atoms with van der Waals surface area (Å²) < 4.78 is 7.05. The van der Waals surface area contributed by atoms with Crippen LogP contribution in [0.1, 0.15) is 33.1 Å². The number of nitrogens with one attached hydrogen (secondary N) is 1. The molecule has 7 nitrogen and oxygen atoms in total. The zero-order valence-electron chi connectivity index (χ0n) is 15.4. The van der Waals surface area contributed by atoms with E-state index < -0.39 is 22.8 Å². The quantitative estimate of drug-likeness (QED) is 0.562. The molecule has 154 valence electrons. The van der Waals surface area contributed by atoms with Crippen molar-refractivity contribution in [1.82, 2.24) is 4.68 Å². The summed E-state index contributed by atoms with van der Waals surface area (Å²) in [5, 5.41) is 20.4. The monoisotopic (exact) mass is 446 g/mol. The molecule has 0 saturated carbocycles. The number of rotatable bonds is 4. The molecule has 0 aliphatic carbocycles. The molecule has 1 aliphatic rings. The first-order valence-corrected chi connectivity index (χ1v) is 9.73. The molecule has 3 aromatic rings. The van der Waals surface area contributed by atoms with Crippen LogP contribution in [0.3, 0.4) is 0 Å². The van der Waals surface area contributed by atoms with Crippen molar-refractivity contribution in [3.63, 3.8) is 0 Å². The van der Waals surface area contributed by atoms with Gasteiger partial charge in [-0.25, -0.2) is 4.79 Å². The molecule has 2 aromatic carbocycles. The maximum atomic E-state index is 11.6. The number of ether oxygens (including phenoxy) is 1. The van der Waals surface area contributed by atoms with Crippen molar-refractivity contribution in [3.8, 4) is 11.5 Å². The largest absolute Gasteiger partial charge is 0.502 e. The van der Waals surface area contributed by atoms with Gasteiger partial charge >= 0.3 is 5.97 Å². The SMILES string of the molecule is O=C(O)c1c(O)c(=O)ccn1NCC1c2cc(Cl)ccc2COc2ccc(Cl)cc21. The first-order valence-electron chi connectivity index (χ1n) is 8.97. The van der Waals surface area contributed by atoms with E-state index in [2.05, 4.69) is 5.43 Å². The maximum Gasteiger partial charge on any atom is 0.358 e. The van der Waals surface area contributed by atoms with Gasteiger partial charge in [-0.1, -0.05) is 29.3 Å². The average Bonchev–Trinajstić information content (AvgIpc) is 2.84. The number of carboxylic acids is 1. The fourth-order valence-corrected chi connectivity index (χ4v) is 3.90. The minimum atomic E-state index is -1.44. The number of nitrogens with zero attached hydrogens (tertiary/aromatic N) is 1. The van der Waals surface area contributed by atoms with Crippen LogP contribution in [0.15, 0.2) is 53.5 Å². The molecule has 9 heteroatoms. The number of carboxylic acid groups (broad SMARTS) is 1. The molecule has 1 aliphatic heterocycles. The van der Waals surface area contributed by atoms with Crippen LogP contribution in [0.5, 0.6) is 11.5 Å². The van der Waals surface area contributed by atoms with Crippen LogP contribution in [0.4, 0.5) is 0 Å². The number of aromatic carboxylic acids is 1. The van der Waals surface area contributed by atoms with Gasteiger partial charge in [0.25, 0.3) is 0 Å². The van der Waals surface area contributed by atoms with Crippen molar-refractivity contribution in [3.05, 3.63) is 91.3 Å². The summed E-state index contributed by atoms with van der Waals surface area (Å²) in [6.07, 6.45) is 1.26. The van der Waals surface area contributed by atoms with Gasteiger partial charge in [0.1, 0.15) is 12.4 Å². The van der Waals surface area contributed by atoms with Crippen molar-refractivity contribution in [2.45, 2.75) is 12.5 Å². The number of hydrogen-bond donors (Lipinski definition) is 3. The number of hydrogen-bond acceptors (Lipinski definition) is 5. The zero-order valence-corrected chi connectivity index (χ0v) is 16.9. The maximum absolute atomic E-state index is 11.6. The Kier molecular flexibility index (Phi) is 5.32. The molecule has 30 heavy (non-hydrogen) atoms. The number of fused-ring (bicyclic) bond motifs is 2. The first kappa shape index (κ1) is 20.1. The van der Waals surface area contributed by atoms with E-state index in [-0.39, 0.29) is 12.5 Å². The molecule has 0 saturated heterocycles. The molecule has 1 aromatic heterocycles. The number of aromatic nitrogens is 1. The molecule has 0 radical (unpaired) electrons. The fraction of sp³-hybridized carbons (Fsp3) is 0.143. The molecule has 0 spiro atoms. The Morgan fingerprint density at radius 2 is 1.83 bits per heavy atom. The summed E-state index contributed by atoms with van der Waals surface area (Å²) in [6.45, 7) is 0.559. The van der Waals surface area contributed by atoms with Gasteiger partial charge in [-0.05, 0) is 41.5 Å². The third kappa shape index (κ3) is 3.69. The van der Waals surface area contributed by atoms with Crippen molar-refractivity contribution >= 4 is 29.2 Å². The second-order valence-corrected chi connectivity index (χ2v) is 7.65. The zero-order chi connectivity index (χ0) is 21.4. The lowest BCUT2D eigenvalue weighted by Crippen LogP contribution is -2.28. The summed E-state index contributed by atoms with van der Waals surface area (Å²) in [6, 6.07) is 11.9. The highest BCUT2D eigenvalue weighted by Gasteiger charge is 2.26. The van der Waals surface area contributed by atoms with E-state index in [0.717, 1.165) is 27.4 Å². The lowest BCUT2D eigenvalue weighted by molar-refractivity contribution is 0.0681. The molecule has 0 fully saturated rings. The van der Waals surface area contributed by atoms with Crippen LogP contribution in [0.2, 0.25) is 10.0 Å². The van der Waals surface area contributed by atoms with E-state index in [4.69, 9.17) is 27.9 Å². The molecule has 0 amide bonds. The van der Waals surface area contributed by atoms with Crippen LogP contribution in [-0.4, -0.2) is 27.4 Å². The molecule has 0 bridgehead atoms. The third-order valence-corrected chi connectivity index (χ3v) is 5.43.